The molecule has 0 aromatic heterocycles. The molecule has 0 bridgehead atoms. The molecule has 1 heterocycles. The third kappa shape index (κ3) is 3.07. The second-order valence-corrected chi connectivity index (χ2v) is 10.5. The molecule has 2 amide bonds. The van der Waals surface area contributed by atoms with Crippen LogP contribution in [0.15, 0.2) is 30.3 Å². The molecule has 30 heavy (non-hydrogen) atoms. The van der Waals surface area contributed by atoms with Gasteiger partial charge in [0.25, 0.3) is 5.91 Å². The summed E-state index contributed by atoms with van der Waals surface area (Å²) in [5.41, 5.74) is -0.902. The fraction of sp³-hybridized carbons (Fsp3) is 0.680. The topological polar surface area (TPSA) is 49.4 Å². The Balaban J connectivity index is 1.11. The standard InChI is InChI=1S/C25H31FN2O2/c26-25(13-21(25)16-5-2-1-3-6-16)24(30)27-14-18-11-17-7-4-8-22(17)28(18)23(29)20-12-19(20)15-9-10-15/h1-3,5-6,15,17-22H,4,7-14H2,(H,27,30)/t17-,18-,19-,20+,21-,22-,25-/m0/s1. The molecule has 6 rings (SSSR count). The number of rotatable bonds is 6. The highest BCUT2D eigenvalue weighted by Gasteiger charge is 2.62. The van der Waals surface area contributed by atoms with Crippen molar-refractivity contribution in [2.45, 2.75) is 75.0 Å². The van der Waals surface area contributed by atoms with Crippen LogP contribution >= 0.6 is 0 Å². The lowest BCUT2D eigenvalue weighted by molar-refractivity contribution is -0.137. The molecular weight excluding hydrogens is 379 g/mol. The fourth-order valence-electron chi connectivity index (χ4n) is 6.57. The van der Waals surface area contributed by atoms with Crippen LogP contribution in [0.4, 0.5) is 4.39 Å². The molecule has 1 saturated heterocycles. The summed E-state index contributed by atoms with van der Waals surface area (Å²) in [5.74, 6) is 1.66. The van der Waals surface area contributed by atoms with Gasteiger partial charge in [-0.3, -0.25) is 9.59 Å². The zero-order valence-corrected chi connectivity index (χ0v) is 17.4. The van der Waals surface area contributed by atoms with E-state index in [4.69, 9.17) is 0 Å². The zero-order chi connectivity index (χ0) is 20.5. The molecule has 4 nitrogen and oxygen atoms in total. The van der Waals surface area contributed by atoms with Crippen molar-refractivity contribution >= 4 is 11.8 Å². The van der Waals surface area contributed by atoms with Crippen LogP contribution in [0.5, 0.6) is 0 Å². The molecule has 7 atom stereocenters. The minimum atomic E-state index is -1.79. The van der Waals surface area contributed by atoms with Crippen LogP contribution in [0, 0.1) is 23.7 Å². The molecule has 1 aromatic rings. The van der Waals surface area contributed by atoms with Gasteiger partial charge in [0.05, 0.1) is 0 Å². The van der Waals surface area contributed by atoms with E-state index in [-0.39, 0.29) is 24.3 Å². The molecule has 0 spiro atoms. The van der Waals surface area contributed by atoms with E-state index in [0.29, 0.717) is 30.3 Å². The van der Waals surface area contributed by atoms with Crippen LogP contribution in [0.2, 0.25) is 0 Å². The molecule has 5 heteroatoms. The first-order chi connectivity index (χ1) is 14.6. The van der Waals surface area contributed by atoms with Crippen LogP contribution in [0.1, 0.15) is 62.8 Å². The van der Waals surface area contributed by atoms with E-state index in [1.54, 1.807) is 0 Å². The van der Waals surface area contributed by atoms with Gasteiger partial charge in [0.1, 0.15) is 0 Å². The smallest absolute Gasteiger partial charge is 0.258 e. The van der Waals surface area contributed by atoms with E-state index in [0.717, 1.165) is 30.7 Å². The number of carbonyl (C=O) groups excluding carboxylic acids is 2. The third-order valence-electron chi connectivity index (χ3n) is 8.55. The van der Waals surface area contributed by atoms with Gasteiger partial charge in [-0.15, -0.1) is 0 Å². The average molecular weight is 411 g/mol. The molecule has 5 aliphatic rings. The predicted octanol–water partition coefficient (Wildman–Crippen LogP) is 3.81. The van der Waals surface area contributed by atoms with Crippen molar-refractivity contribution < 1.29 is 14.0 Å². The number of alkyl halides is 1. The summed E-state index contributed by atoms with van der Waals surface area (Å²) in [4.78, 5) is 28.2. The van der Waals surface area contributed by atoms with E-state index in [9.17, 15) is 9.59 Å². The Bertz CT molecular complexity index is 856. The van der Waals surface area contributed by atoms with E-state index in [2.05, 4.69) is 10.2 Å². The van der Waals surface area contributed by atoms with Gasteiger partial charge in [0.2, 0.25) is 5.91 Å². The Hall–Kier alpha value is -1.91. The number of hydrogen-bond acceptors (Lipinski definition) is 2. The second kappa shape index (κ2) is 6.80. The Morgan fingerprint density at radius 2 is 1.87 bits per heavy atom. The average Bonchev–Trinajstić information content (AvgIpc) is 3.65. The number of benzene rings is 1. The van der Waals surface area contributed by atoms with E-state index >= 15 is 4.39 Å². The molecule has 0 radical (unpaired) electrons. The zero-order valence-electron chi connectivity index (χ0n) is 17.4. The first-order valence-electron chi connectivity index (χ1n) is 11.9. The van der Waals surface area contributed by atoms with Crippen LogP contribution < -0.4 is 5.32 Å². The van der Waals surface area contributed by atoms with Crippen molar-refractivity contribution in [3.8, 4) is 0 Å². The third-order valence-corrected chi connectivity index (χ3v) is 8.55. The molecule has 4 aliphatic carbocycles. The molecule has 5 fully saturated rings. The van der Waals surface area contributed by atoms with Crippen molar-refractivity contribution in [2.75, 3.05) is 6.54 Å². The van der Waals surface area contributed by atoms with Crippen molar-refractivity contribution in [2.24, 2.45) is 23.7 Å². The summed E-state index contributed by atoms with van der Waals surface area (Å²) in [6.07, 6.45) is 8.32. The summed E-state index contributed by atoms with van der Waals surface area (Å²) < 4.78 is 15.2. The fourth-order valence-corrected chi connectivity index (χ4v) is 6.57. The SMILES string of the molecule is O=C([C@@H]1C[C@H]1C1CC1)N1[C@H](CNC(=O)[C@]2(F)C[C@H]2c2ccccc2)C[C@@H]2CCC[C@@H]21. The number of nitrogens with zero attached hydrogens (tertiary/aromatic N) is 1. The normalized spacial score (nSPS) is 41.4. The molecule has 0 unspecified atom stereocenters. The molecular formula is C25H31FN2O2. The summed E-state index contributed by atoms with van der Waals surface area (Å²) in [7, 11) is 0. The lowest BCUT2D eigenvalue weighted by atomic mass is 10.0. The summed E-state index contributed by atoms with van der Waals surface area (Å²) in [5, 5.41) is 2.90. The largest absolute Gasteiger partial charge is 0.351 e. The van der Waals surface area contributed by atoms with Gasteiger partial charge in [-0.1, -0.05) is 36.8 Å². The van der Waals surface area contributed by atoms with Crippen molar-refractivity contribution in [3.63, 3.8) is 0 Å². The number of hydrogen-bond donors (Lipinski definition) is 1. The monoisotopic (exact) mass is 410 g/mol. The number of halogens is 1. The summed E-state index contributed by atoms with van der Waals surface area (Å²) in [6.45, 7) is 0.394. The van der Waals surface area contributed by atoms with Gasteiger partial charge in [-0.2, -0.15) is 0 Å². The molecule has 1 aliphatic heterocycles. The van der Waals surface area contributed by atoms with Crippen molar-refractivity contribution in [3.05, 3.63) is 35.9 Å². The lowest BCUT2D eigenvalue weighted by Crippen LogP contribution is -2.48. The number of fused-ring (bicyclic) bond motifs is 1. The first-order valence-corrected chi connectivity index (χ1v) is 11.9. The Morgan fingerprint density at radius 1 is 1.07 bits per heavy atom. The van der Waals surface area contributed by atoms with Gasteiger partial charge >= 0.3 is 0 Å². The van der Waals surface area contributed by atoms with Gasteiger partial charge < -0.3 is 10.2 Å². The van der Waals surface area contributed by atoms with E-state index in [1.165, 1.54) is 25.7 Å². The maximum Gasteiger partial charge on any atom is 0.258 e. The maximum absolute atomic E-state index is 15.2. The highest BCUT2D eigenvalue weighted by Crippen LogP contribution is 2.57. The van der Waals surface area contributed by atoms with Crippen LogP contribution in [-0.4, -0.2) is 41.0 Å². The van der Waals surface area contributed by atoms with Gasteiger partial charge in [0, 0.05) is 36.9 Å². The van der Waals surface area contributed by atoms with Crippen molar-refractivity contribution in [1.29, 1.82) is 0 Å². The van der Waals surface area contributed by atoms with Gasteiger partial charge in [0.15, 0.2) is 5.67 Å². The molecule has 4 saturated carbocycles. The quantitative estimate of drug-likeness (QED) is 0.775. The Morgan fingerprint density at radius 3 is 2.63 bits per heavy atom. The Kier molecular flexibility index (Phi) is 4.26. The number of likely N-dealkylation sites (tertiary alicyclic amines) is 1. The number of carbonyl (C=O) groups is 2. The summed E-state index contributed by atoms with van der Waals surface area (Å²) in [6, 6.07) is 9.85. The summed E-state index contributed by atoms with van der Waals surface area (Å²) >= 11 is 0. The number of nitrogens with one attached hydrogen (secondary N) is 1. The minimum Gasteiger partial charge on any atom is -0.351 e. The second-order valence-electron chi connectivity index (χ2n) is 10.5. The molecule has 1 N–H and O–H groups in total. The van der Waals surface area contributed by atoms with E-state index in [1.807, 2.05) is 30.3 Å². The van der Waals surface area contributed by atoms with Gasteiger partial charge in [-0.25, -0.2) is 4.39 Å². The molecule has 160 valence electrons. The van der Waals surface area contributed by atoms with E-state index < -0.39 is 11.6 Å². The number of amides is 2. The van der Waals surface area contributed by atoms with Crippen LogP contribution in [0.3, 0.4) is 0 Å². The van der Waals surface area contributed by atoms with Gasteiger partial charge in [-0.05, 0) is 61.8 Å². The minimum absolute atomic E-state index is 0.0368. The highest BCUT2D eigenvalue weighted by molar-refractivity contribution is 5.90. The maximum atomic E-state index is 15.2. The van der Waals surface area contributed by atoms with Crippen LogP contribution in [-0.2, 0) is 9.59 Å². The highest BCUT2D eigenvalue weighted by atomic mass is 19.1. The molecule has 1 aromatic carbocycles. The van der Waals surface area contributed by atoms with Crippen molar-refractivity contribution in [1.82, 2.24) is 10.2 Å². The lowest BCUT2D eigenvalue weighted by Gasteiger charge is -2.30. The van der Waals surface area contributed by atoms with Crippen LogP contribution in [0.25, 0.3) is 0 Å². The Labute approximate surface area is 177 Å². The predicted molar refractivity (Wildman–Crippen MR) is 111 cm³/mol. The first kappa shape index (κ1) is 18.8.